The quantitative estimate of drug-likeness (QED) is 0.143. The van der Waals surface area contributed by atoms with Crippen molar-refractivity contribution in [1.29, 1.82) is 0 Å². The van der Waals surface area contributed by atoms with E-state index in [1.54, 1.807) is 13.8 Å². The molecule has 8 heterocycles. The van der Waals surface area contributed by atoms with E-state index in [1.165, 1.54) is 0 Å². The van der Waals surface area contributed by atoms with Gasteiger partial charge in [-0.05, 0) is 136 Å². The van der Waals surface area contributed by atoms with Crippen molar-refractivity contribution in [1.82, 2.24) is 14.7 Å². The third-order valence-corrected chi connectivity index (χ3v) is 14.9. The molecular formula is C41H61F6N3O8. The maximum Gasteiger partial charge on any atom is 0.449 e. The van der Waals surface area contributed by atoms with Gasteiger partial charge < -0.3 is 33.6 Å². The van der Waals surface area contributed by atoms with Gasteiger partial charge in [0.25, 0.3) is 0 Å². The first-order chi connectivity index (χ1) is 27.2. The average Bonchev–Trinajstić information content (AvgIpc) is 3.51. The summed E-state index contributed by atoms with van der Waals surface area (Å²) >= 11 is 0. The summed E-state index contributed by atoms with van der Waals surface area (Å²) in [5, 5.41) is 0. The van der Waals surface area contributed by atoms with E-state index in [1.807, 2.05) is 30.9 Å². The number of hydrogen-bond acceptors (Lipinski definition) is 11. The highest BCUT2D eigenvalue weighted by molar-refractivity contribution is 5.30. The summed E-state index contributed by atoms with van der Waals surface area (Å²) in [4.78, 5) is 29.8. The van der Waals surface area contributed by atoms with Gasteiger partial charge in [-0.2, -0.15) is 26.3 Å². The van der Waals surface area contributed by atoms with Gasteiger partial charge in [0.15, 0.2) is 11.2 Å². The Balaban J connectivity index is 0.867. The Kier molecular flexibility index (Phi) is 11.3. The third kappa shape index (κ3) is 7.41. The van der Waals surface area contributed by atoms with Gasteiger partial charge in [-0.25, -0.2) is 19.6 Å². The molecule has 8 aliphatic heterocycles. The Morgan fingerprint density at radius 2 is 0.931 bits per heavy atom. The Morgan fingerprint density at radius 3 is 1.31 bits per heavy atom. The fourth-order valence-corrected chi connectivity index (χ4v) is 11.9. The van der Waals surface area contributed by atoms with Crippen LogP contribution in [0.3, 0.4) is 0 Å². The summed E-state index contributed by atoms with van der Waals surface area (Å²) in [6.45, 7) is 10.2. The standard InChI is InChI=1S/C41H61F6N3O8/c1-24-10-12-30-26(32(40(42,43)44)51-34-38(30)28(24)14-16-36(3,53-34)55-57-38)22-49(6)20-8-18-48(5)19-9-21-50(7)23-27-31-13-11-25(2)29-15-17-37(4)54-35(39(29,31)58-56-37)52-33(27)41(45,46)47/h24-25,28-31,34-35H,8-23H2,1-7H3/t24-,25-,28?,29?,30+,31+,34-,35-,36-,37+,38-,39-/m1/s1. The van der Waals surface area contributed by atoms with Crippen LogP contribution >= 0.6 is 0 Å². The van der Waals surface area contributed by atoms with Gasteiger partial charge in [0.1, 0.15) is 0 Å². The van der Waals surface area contributed by atoms with Crippen molar-refractivity contribution in [2.24, 2.45) is 35.5 Å². The van der Waals surface area contributed by atoms with Crippen molar-refractivity contribution in [3.63, 3.8) is 0 Å². The lowest BCUT2D eigenvalue weighted by molar-refractivity contribution is -0.557. The Bertz CT molecular complexity index is 1500. The number of nitrogens with zero attached hydrogens (tertiary/aromatic N) is 3. The second-order valence-electron chi connectivity index (χ2n) is 19.1. The van der Waals surface area contributed by atoms with E-state index in [0.29, 0.717) is 77.5 Å². The lowest BCUT2D eigenvalue weighted by atomic mass is 9.59. The Hall–Kier alpha value is -1.70. The highest BCUT2D eigenvalue weighted by atomic mass is 19.4. The van der Waals surface area contributed by atoms with Crippen LogP contribution < -0.4 is 0 Å². The van der Waals surface area contributed by atoms with E-state index < -0.39 is 71.1 Å². The number of fused-ring (bicyclic) bond motifs is 4. The number of halogens is 6. The SMILES string of the molecule is C[C@@H]1CC[C@H]2C(CN(C)CCCN(C)CCCN(C)CC3=C(C(F)(F)F)O[C@@H]4O[C@]5(C)CCC6[C@H](C)CC[C@@H]3[C@]64OO5)=C(C(F)(F)F)O[C@@H]3O[C@@]4(C)CCC1[C@]32OO4. The molecule has 2 unspecified atom stereocenters. The fourth-order valence-electron chi connectivity index (χ4n) is 11.9. The van der Waals surface area contributed by atoms with E-state index in [2.05, 4.69) is 18.7 Å². The number of likely N-dealkylation sites (N-methyl/N-ethyl adjacent to an activating group) is 2. The predicted octanol–water partition coefficient (Wildman–Crippen LogP) is 7.69. The number of alkyl halides is 6. The van der Waals surface area contributed by atoms with Crippen LogP contribution in [0.25, 0.3) is 0 Å². The molecule has 58 heavy (non-hydrogen) atoms. The average molecular weight is 838 g/mol. The number of ether oxygens (including phenoxy) is 4. The van der Waals surface area contributed by atoms with Crippen molar-refractivity contribution in [3.8, 4) is 0 Å². The van der Waals surface area contributed by atoms with E-state index >= 15 is 0 Å². The van der Waals surface area contributed by atoms with E-state index in [0.717, 1.165) is 12.8 Å². The first-order valence-corrected chi connectivity index (χ1v) is 21.3. The first-order valence-electron chi connectivity index (χ1n) is 21.3. The molecule has 4 bridgehead atoms. The van der Waals surface area contributed by atoms with Crippen LogP contribution in [-0.2, 0) is 38.5 Å². The molecule has 8 fully saturated rings. The normalized spacial score (nSPS) is 42.3. The molecule has 2 spiro atoms. The molecule has 10 rings (SSSR count). The molecule has 0 aromatic carbocycles. The molecule has 11 nitrogen and oxygen atoms in total. The van der Waals surface area contributed by atoms with E-state index in [4.69, 9.17) is 38.5 Å². The van der Waals surface area contributed by atoms with Crippen LogP contribution in [0, 0.1) is 35.5 Å². The molecule has 10 aliphatic rings. The lowest BCUT2D eigenvalue weighted by Gasteiger charge is -2.57. The van der Waals surface area contributed by atoms with Gasteiger partial charge in [0.05, 0.1) is 0 Å². The summed E-state index contributed by atoms with van der Waals surface area (Å²) in [6.07, 6.45) is -5.41. The molecule has 330 valence electrons. The van der Waals surface area contributed by atoms with Crippen molar-refractivity contribution in [3.05, 3.63) is 22.7 Å². The number of hydrogen-bond donors (Lipinski definition) is 0. The van der Waals surface area contributed by atoms with Crippen molar-refractivity contribution in [2.75, 3.05) is 60.4 Å². The van der Waals surface area contributed by atoms with Gasteiger partial charge in [0, 0.05) is 49.6 Å². The van der Waals surface area contributed by atoms with Crippen molar-refractivity contribution < 1.29 is 64.8 Å². The van der Waals surface area contributed by atoms with Crippen LogP contribution in [-0.4, -0.2) is 123 Å². The van der Waals surface area contributed by atoms with Crippen molar-refractivity contribution in [2.45, 2.75) is 140 Å². The topological polar surface area (TPSA) is 83.6 Å². The van der Waals surface area contributed by atoms with Crippen LogP contribution in [0.1, 0.15) is 91.9 Å². The molecule has 0 radical (unpaired) electrons. The van der Waals surface area contributed by atoms with Gasteiger partial charge in [0.2, 0.25) is 35.7 Å². The third-order valence-electron chi connectivity index (χ3n) is 14.9. The molecule has 12 atom stereocenters. The smallest absolute Gasteiger partial charge is 0.449 e. The Morgan fingerprint density at radius 1 is 0.552 bits per heavy atom. The number of rotatable bonds is 12. The van der Waals surface area contributed by atoms with Gasteiger partial charge >= 0.3 is 12.4 Å². The molecule has 0 aromatic heterocycles. The lowest BCUT2D eigenvalue weighted by Crippen LogP contribution is -2.67. The maximum absolute atomic E-state index is 14.7. The Labute approximate surface area is 337 Å². The highest BCUT2D eigenvalue weighted by Gasteiger charge is 2.72. The summed E-state index contributed by atoms with van der Waals surface area (Å²) in [5.74, 6) is -5.15. The second kappa shape index (κ2) is 15.3. The zero-order chi connectivity index (χ0) is 41.6. The van der Waals surface area contributed by atoms with Crippen LogP contribution in [0.4, 0.5) is 26.3 Å². The maximum atomic E-state index is 14.7. The number of allylic oxidation sites excluding steroid dienone is 2. The molecular weight excluding hydrogens is 776 g/mol. The molecule has 2 saturated carbocycles. The largest absolute Gasteiger partial charge is 0.456 e. The summed E-state index contributed by atoms with van der Waals surface area (Å²) in [5.41, 5.74) is -1.93. The highest BCUT2D eigenvalue weighted by Crippen LogP contribution is 2.63. The molecule has 0 amide bonds. The monoisotopic (exact) mass is 837 g/mol. The minimum absolute atomic E-state index is 0.0645. The fraction of sp³-hybridized carbons (Fsp3) is 0.902. The minimum atomic E-state index is -4.70. The molecule has 6 saturated heterocycles. The van der Waals surface area contributed by atoms with Gasteiger partial charge in [-0.3, -0.25) is 0 Å². The molecule has 17 heteroatoms. The molecule has 0 N–H and O–H groups in total. The van der Waals surface area contributed by atoms with E-state index in [9.17, 15) is 26.3 Å². The summed E-state index contributed by atoms with van der Waals surface area (Å²) in [7, 11) is 5.62. The van der Waals surface area contributed by atoms with Crippen molar-refractivity contribution >= 4 is 0 Å². The molecule has 0 aromatic rings. The zero-order valence-corrected chi connectivity index (χ0v) is 34.8. The zero-order valence-electron chi connectivity index (χ0n) is 34.8. The minimum Gasteiger partial charge on any atom is -0.456 e. The molecule has 2 aliphatic carbocycles. The first kappa shape index (κ1) is 43.0. The predicted molar refractivity (Wildman–Crippen MR) is 196 cm³/mol. The van der Waals surface area contributed by atoms with E-state index in [-0.39, 0.29) is 47.9 Å². The second-order valence-corrected chi connectivity index (χ2v) is 19.1. The van der Waals surface area contributed by atoms with Crippen LogP contribution in [0.2, 0.25) is 0 Å². The van der Waals surface area contributed by atoms with Gasteiger partial charge in [-0.15, -0.1) is 0 Å². The summed E-state index contributed by atoms with van der Waals surface area (Å²) in [6, 6.07) is 0. The summed E-state index contributed by atoms with van der Waals surface area (Å²) < 4.78 is 112. The van der Waals surface area contributed by atoms with Crippen LogP contribution in [0.5, 0.6) is 0 Å². The van der Waals surface area contributed by atoms with Crippen LogP contribution in [0.15, 0.2) is 22.7 Å². The van der Waals surface area contributed by atoms with Gasteiger partial charge in [-0.1, -0.05) is 13.8 Å².